The van der Waals surface area contributed by atoms with Crippen molar-refractivity contribution < 1.29 is 17.6 Å². The fourth-order valence-corrected chi connectivity index (χ4v) is 2.50. The van der Waals surface area contributed by atoms with E-state index in [1.165, 1.54) is 24.3 Å². The van der Waals surface area contributed by atoms with Gasteiger partial charge in [-0.25, -0.2) is 18.7 Å². The van der Waals surface area contributed by atoms with Crippen molar-refractivity contribution in [3.8, 4) is 0 Å². The number of oxazole rings is 2. The van der Waals surface area contributed by atoms with Crippen LogP contribution in [0, 0.1) is 11.6 Å². The number of hydrogen-bond acceptors (Lipinski definition) is 4. The lowest BCUT2D eigenvalue weighted by molar-refractivity contribution is 0.489. The van der Waals surface area contributed by atoms with Crippen LogP contribution in [-0.2, 0) is 12.8 Å². The van der Waals surface area contributed by atoms with Crippen LogP contribution in [-0.4, -0.2) is 9.97 Å². The van der Waals surface area contributed by atoms with Crippen molar-refractivity contribution in [2.24, 2.45) is 0 Å². The summed E-state index contributed by atoms with van der Waals surface area (Å²) in [6.07, 6.45) is 1.89. The number of halogens is 2. The molecule has 0 aliphatic carbocycles. The highest BCUT2D eigenvalue weighted by Gasteiger charge is 2.09. The molecule has 0 bridgehead atoms. The van der Waals surface area contributed by atoms with Crippen LogP contribution in [0.3, 0.4) is 0 Å². The van der Waals surface area contributed by atoms with Gasteiger partial charge in [0.05, 0.1) is 0 Å². The molecule has 4 nitrogen and oxygen atoms in total. The summed E-state index contributed by atoms with van der Waals surface area (Å²) >= 11 is 0. The molecule has 0 atom stereocenters. The largest absolute Gasteiger partial charge is 0.441 e. The first-order valence-corrected chi connectivity index (χ1v) is 7.27. The standard InChI is InChI=1S/C17H12F2N2O2/c18-10-4-6-14-12(8-10)20-16(22-14)2-1-3-17-21-13-9-11(19)5-7-15(13)23-17/h4-9H,1-3H2. The van der Waals surface area contributed by atoms with Crippen LogP contribution in [0.5, 0.6) is 0 Å². The summed E-state index contributed by atoms with van der Waals surface area (Å²) in [5, 5.41) is 0. The van der Waals surface area contributed by atoms with E-state index in [1.54, 1.807) is 12.1 Å². The van der Waals surface area contributed by atoms with Crippen molar-refractivity contribution in [3.63, 3.8) is 0 Å². The number of aromatic nitrogens is 2. The van der Waals surface area contributed by atoms with Gasteiger partial charge < -0.3 is 8.83 Å². The van der Waals surface area contributed by atoms with E-state index in [0.29, 0.717) is 53.2 Å². The molecular weight excluding hydrogens is 302 g/mol. The predicted molar refractivity (Wildman–Crippen MR) is 80.0 cm³/mol. The maximum absolute atomic E-state index is 13.1. The number of aryl methyl sites for hydroxylation is 2. The second kappa shape index (κ2) is 5.46. The molecule has 2 aromatic heterocycles. The molecule has 0 aliphatic heterocycles. The molecule has 116 valence electrons. The van der Waals surface area contributed by atoms with E-state index in [9.17, 15) is 8.78 Å². The van der Waals surface area contributed by atoms with Gasteiger partial charge in [0, 0.05) is 25.0 Å². The molecule has 0 unspecified atom stereocenters. The SMILES string of the molecule is Fc1ccc2oc(CCCc3nc4cc(F)ccc4o3)nc2c1. The van der Waals surface area contributed by atoms with Gasteiger partial charge in [-0.2, -0.15) is 0 Å². The molecule has 2 heterocycles. The predicted octanol–water partition coefficient (Wildman–Crippen LogP) is 4.42. The first-order valence-electron chi connectivity index (χ1n) is 7.27. The molecule has 0 radical (unpaired) electrons. The smallest absolute Gasteiger partial charge is 0.195 e. The Bertz CT molecular complexity index is 911. The van der Waals surface area contributed by atoms with Gasteiger partial charge in [0.25, 0.3) is 0 Å². The normalized spacial score (nSPS) is 11.6. The molecule has 0 aliphatic rings. The van der Waals surface area contributed by atoms with Crippen molar-refractivity contribution >= 4 is 22.2 Å². The summed E-state index contributed by atoms with van der Waals surface area (Å²) in [4.78, 5) is 8.50. The molecule has 0 saturated heterocycles. The van der Waals surface area contributed by atoms with E-state index < -0.39 is 0 Å². The second-order valence-electron chi connectivity index (χ2n) is 5.29. The van der Waals surface area contributed by atoms with Crippen LogP contribution >= 0.6 is 0 Å². The van der Waals surface area contributed by atoms with Crippen molar-refractivity contribution in [3.05, 3.63) is 59.8 Å². The highest BCUT2D eigenvalue weighted by atomic mass is 19.1. The lowest BCUT2D eigenvalue weighted by Crippen LogP contribution is -1.90. The van der Waals surface area contributed by atoms with Crippen molar-refractivity contribution in [2.45, 2.75) is 19.3 Å². The third-order valence-corrected chi connectivity index (χ3v) is 3.57. The van der Waals surface area contributed by atoms with Crippen LogP contribution in [0.4, 0.5) is 8.78 Å². The van der Waals surface area contributed by atoms with Gasteiger partial charge in [-0.05, 0) is 30.7 Å². The first-order chi connectivity index (χ1) is 11.2. The first kappa shape index (κ1) is 13.9. The van der Waals surface area contributed by atoms with Crippen LogP contribution in [0.15, 0.2) is 45.2 Å². The summed E-state index contributed by atoms with van der Waals surface area (Å²) in [5.74, 6) is 0.424. The molecule has 0 spiro atoms. The summed E-state index contributed by atoms with van der Waals surface area (Å²) in [5.41, 5.74) is 2.16. The summed E-state index contributed by atoms with van der Waals surface area (Å²) < 4.78 is 37.4. The molecule has 4 aromatic rings. The number of nitrogens with zero attached hydrogens (tertiary/aromatic N) is 2. The Morgan fingerprint density at radius 1 is 0.739 bits per heavy atom. The van der Waals surface area contributed by atoms with E-state index in [0.717, 1.165) is 0 Å². The Morgan fingerprint density at radius 2 is 1.22 bits per heavy atom. The van der Waals surface area contributed by atoms with E-state index in [1.807, 2.05) is 0 Å². The molecule has 2 aromatic carbocycles. The summed E-state index contributed by atoms with van der Waals surface area (Å²) in [6, 6.07) is 8.51. The fourth-order valence-electron chi connectivity index (χ4n) is 2.50. The molecule has 23 heavy (non-hydrogen) atoms. The number of rotatable bonds is 4. The topological polar surface area (TPSA) is 52.1 Å². The average molecular weight is 314 g/mol. The maximum Gasteiger partial charge on any atom is 0.195 e. The van der Waals surface area contributed by atoms with Crippen LogP contribution in [0.1, 0.15) is 18.2 Å². The third-order valence-electron chi connectivity index (χ3n) is 3.57. The zero-order chi connectivity index (χ0) is 15.8. The quantitative estimate of drug-likeness (QED) is 0.559. The number of fused-ring (bicyclic) bond motifs is 2. The zero-order valence-corrected chi connectivity index (χ0v) is 12.1. The molecule has 0 amide bonds. The Morgan fingerprint density at radius 3 is 1.70 bits per heavy atom. The van der Waals surface area contributed by atoms with Gasteiger partial charge in [0.15, 0.2) is 22.9 Å². The van der Waals surface area contributed by atoms with Crippen LogP contribution in [0.2, 0.25) is 0 Å². The van der Waals surface area contributed by atoms with Gasteiger partial charge in [0.2, 0.25) is 0 Å². The molecule has 4 rings (SSSR count). The lowest BCUT2D eigenvalue weighted by atomic mass is 10.2. The van der Waals surface area contributed by atoms with Crippen molar-refractivity contribution in [1.29, 1.82) is 0 Å². The Labute approximate surface area is 129 Å². The highest BCUT2D eigenvalue weighted by Crippen LogP contribution is 2.20. The van der Waals surface area contributed by atoms with Crippen molar-refractivity contribution in [2.75, 3.05) is 0 Å². The molecular formula is C17H12F2N2O2. The third kappa shape index (κ3) is 2.79. The van der Waals surface area contributed by atoms with Crippen LogP contribution in [0.25, 0.3) is 22.2 Å². The van der Waals surface area contributed by atoms with Gasteiger partial charge in [-0.3, -0.25) is 0 Å². The number of hydrogen-bond donors (Lipinski definition) is 0. The van der Waals surface area contributed by atoms with Crippen LogP contribution < -0.4 is 0 Å². The van der Waals surface area contributed by atoms with Crippen molar-refractivity contribution in [1.82, 2.24) is 9.97 Å². The monoisotopic (exact) mass is 314 g/mol. The van der Waals surface area contributed by atoms with E-state index >= 15 is 0 Å². The zero-order valence-electron chi connectivity index (χ0n) is 12.1. The Kier molecular flexibility index (Phi) is 3.29. The average Bonchev–Trinajstić information content (AvgIpc) is 3.09. The minimum Gasteiger partial charge on any atom is -0.441 e. The summed E-state index contributed by atoms with van der Waals surface area (Å²) in [6.45, 7) is 0. The fraction of sp³-hybridized carbons (Fsp3) is 0.176. The maximum atomic E-state index is 13.1. The highest BCUT2D eigenvalue weighted by molar-refractivity contribution is 5.73. The van der Waals surface area contributed by atoms with E-state index in [-0.39, 0.29) is 11.6 Å². The molecule has 0 fully saturated rings. The minimum atomic E-state index is -0.337. The second-order valence-corrected chi connectivity index (χ2v) is 5.29. The van der Waals surface area contributed by atoms with Gasteiger partial charge in [-0.15, -0.1) is 0 Å². The summed E-state index contributed by atoms with van der Waals surface area (Å²) in [7, 11) is 0. The van der Waals surface area contributed by atoms with Gasteiger partial charge >= 0.3 is 0 Å². The lowest BCUT2D eigenvalue weighted by Gasteiger charge is -1.93. The van der Waals surface area contributed by atoms with Gasteiger partial charge in [-0.1, -0.05) is 0 Å². The van der Waals surface area contributed by atoms with Gasteiger partial charge in [0.1, 0.15) is 22.7 Å². The van der Waals surface area contributed by atoms with E-state index in [2.05, 4.69) is 9.97 Å². The van der Waals surface area contributed by atoms with E-state index in [4.69, 9.17) is 8.83 Å². The Balaban J connectivity index is 1.45. The molecule has 0 N–H and O–H groups in total. The Hall–Kier alpha value is -2.76. The minimum absolute atomic E-state index is 0.337. The number of benzene rings is 2. The molecule has 6 heteroatoms. The molecule has 0 saturated carbocycles.